The van der Waals surface area contributed by atoms with Crippen molar-refractivity contribution in [3.8, 4) is 0 Å². The molecule has 3 rings (SSSR count). The van der Waals surface area contributed by atoms with Gasteiger partial charge in [0.2, 0.25) is 5.89 Å². The number of aromatic nitrogens is 4. The van der Waals surface area contributed by atoms with Gasteiger partial charge in [0, 0.05) is 26.0 Å². The van der Waals surface area contributed by atoms with E-state index in [4.69, 9.17) is 9.26 Å². The molecule has 0 bridgehead atoms. The van der Waals surface area contributed by atoms with E-state index in [1.807, 2.05) is 4.90 Å². The van der Waals surface area contributed by atoms with Crippen molar-refractivity contribution in [2.24, 2.45) is 0 Å². The Labute approximate surface area is 129 Å². The minimum absolute atomic E-state index is 0.0164. The van der Waals surface area contributed by atoms with Crippen LogP contribution in [-0.4, -0.2) is 50.9 Å². The summed E-state index contributed by atoms with van der Waals surface area (Å²) in [6, 6.07) is -0.0343. The molecule has 1 unspecified atom stereocenters. The number of halogens is 3. The zero-order valence-electron chi connectivity index (χ0n) is 12.4. The van der Waals surface area contributed by atoms with Crippen molar-refractivity contribution >= 4 is 0 Å². The highest BCUT2D eigenvalue weighted by molar-refractivity contribution is 5.02. The number of nitrogens with zero attached hydrogens (tertiary/aromatic N) is 4. The van der Waals surface area contributed by atoms with Gasteiger partial charge in [-0.05, 0) is 6.42 Å². The van der Waals surface area contributed by atoms with Gasteiger partial charge in [0.25, 0.3) is 0 Å². The Morgan fingerprint density at radius 2 is 2.30 bits per heavy atom. The highest BCUT2D eigenvalue weighted by Crippen LogP contribution is 2.32. The van der Waals surface area contributed by atoms with E-state index in [0.29, 0.717) is 6.54 Å². The van der Waals surface area contributed by atoms with Crippen molar-refractivity contribution in [1.82, 2.24) is 25.0 Å². The molecule has 0 aromatic carbocycles. The molecule has 23 heavy (non-hydrogen) atoms. The summed E-state index contributed by atoms with van der Waals surface area (Å²) < 4.78 is 47.3. The number of aromatic amines is 1. The van der Waals surface area contributed by atoms with Crippen LogP contribution in [0.3, 0.4) is 0 Å². The normalized spacial score (nSPS) is 22.8. The third-order valence-electron chi connectivity index (χ3n) is 3.74. The highest BCUT2D eigenvalue weighted by atomic mass is 19.4. The lowest BCUT2D eigenvalue weighted by molar-refractivity contribution is -0.128. The molecular formula is C13H16F3N5O2. The summed E-state index contributed by atoms with van der Waals surface area (Å²) >= 11 is 0. The van der Waals surface area contributed by atoms with E-state index < -0.39 is 12.6 Å². The van der Waals surface area contributed by atoms with Crippen molar-refractivity contribution in [3.05, 3.63) is 29.9 Å². The molecule has 1 N–H and O–H groups in total. The maximum absolute atomic E-state index is 12.3. The molecule has 0 spiro atoms. The summed E-state index contributed by atoms with van der Waals surface area (Å²) in [6.45, 7) is 0.856. The lowest BCUT2D eigenvalue weighted by atomic mass is 10.2. The monoisotopic (exact) mass is 331 g/mol. The number of H-pyrrole nitrogens is 1. The number of imidazole rings is 1. The third-order valence-corrected chi connectivity index (χ3v) is 3.74. The molecule has 0 aliphatic carbocycles. The van der Waals surface area contributed by atoms with Gasteiger partial charge in [-0.25, -0.2) is 4.98 Å². The predicted octanol–water partition coefficient (Wildman–Crippen LogP) is 1.86. The van der Waals surface area contributed by atoms with Crippen LogP contribution in [0.25, 0.3) is 0 Å². The van der Waals surface area contributed by atoms with E-state index in [1.165, 1.54) is 0 Å². The van der Waals surface area contributed by atoms with Crippen LogP contribution in [0, 0.1) is 0 Å². The predicted molar refractivity (Wildman–Crippen MR) is 71.2 cm³/mol. The van der Waals surface area contributed by atoms with E-state index >= 15 is 0 Å². The van der Waals surface area contributed by atoms with Crippen LogP contribution in [0.15, 0.2) is 16.9 Å². The molecule has 2 atom stereocenters. The Hall–Kier alpha value is -1.94. The Kier molecular flexibility index (Phi) is 4.35. The molecule has 1 aliphatic rings. The Morgan fingerprint density at radius 1 is 1.48 bits per heavy atom. The quantitative estimate of drug-likeness (QED) is 0.901. The van der Waals surface area contributed by atoms with Crippen LogP contribution in [-0.2, 0) is 17.7 Å². The van der Waals surface area contributed by atoms with Gasteiger partial charge in [-0.1, -0.05) is 5.16 Å². The summed E-state index contributed by atoms with van der Waals surface area (Å²) in [7, 11) is 1.63. The topological polar surface area (TPSA) is 80.1 Å². The SMILES string of the molecule is CO[C@@H]1CC(c2ncc[nH]2)N(Cc2nc(CC(F)(F)F)no2)C1. The molecular weight excluding hydrogens is 315 g/mol. The van der Waals surface area contributed by atoms with Gasteiger partial charge in [-0.15, -0.1) is 0 Å². The average molecular weight is 331 g/mol. The Morgan fingerprint density at radius 3 is 2.96 bits per heavy atom. The summed E-state index contributed by atoms with van der Waals surface area (Å²) in [5.74, 6) is 0.571. The first-order valence-corrected chi connectivity index (χ1v) is 7.09. The third kappa shape index (κ3) is 3.88. The molecule has 3 heterocycles. The first kappa shape index (κ1) is 15.9. The number of nitrogens with one attached hydrogen (secondary N) is 1. The number of hydrogen-bond acceptors (Lipinski definition) is 6. The standard InChI is InChI=1S/C13H16F3N5O2/c1-22-8-4-9(12-17-2-3-18-12)21(6-8)7-11-19-10(20-23-11)5-13(14,15)16/h2-3,8-9H,4-7H2,1H3,(H,17,18)/t8-,9?/m1/s1. The summed E-state index contributed by atoms with van der Waals surface area (Å²) in [4.78, 5) is 13.1. The van der Waals surface area contributed by atoms with E-state index in [1.54, 1.807) is 19.5 Å². The summed E-state index contributed by atoms with van der Waals surface area (Å²) in [5.41, 5.74) is 0. The van der Waals surface area contributed by atoms with Crippen LogP contribution in [0.5, 0.6) is 0 Å². The zero-order valence-corrected chi connectivity index (χ0v) is 12.4. The number of alkyl halides is 3. The Balaban J connectivity index is 1.70. The molecule has 1 saturated heterocycles. The van der Waals surface area contributed by atoms with Crippen molar-refractivity contribution in [3.63, 3.8) is 0 Å². The lowest BCUT2D eigenvalue weighted by Crippen LogP contribution is -2.25. The lowest BCUT2D eigenvalue weighted by Gasteiger charge is -2.20. The van der Waals surface area contributed by atoms with E-state index in [-0.39, 0.29) is 30.4 Å². The van der Waals surface area contributed by atoms with Gasteiger partial charge in [0.15, 0.2) is 5.82 Å². The van der Waals surface area contributed by atoms with Crippen LogP contribution >= 0.6 is 0 Å². The molecule has 7 nitrogen and oxygen atoms in total. The number of methoxy groups -OCH3 is 1. The molecule has 0 amide bonds. The second kappa shape index (κ2) is 6.28. The fourth-order valence-corrected chi connectivity index (χ4v) is 2.73. The first-order chi connectivity index (χ1) is 10.9. The molecule has 0 radical (unpaired) electrons. The fourth-order valence-electron chi connectivity index (χ4n) is 2.73. The number of likely N-dealkylation sites (tertiary alicyclic amines) is 1. The largest absolute Gasteiger partial charge is 0.396 e. The molecule has 10 heteroatoms. The first-order valence-electron chi connectivity index (χ1n) is 7.09. The molecule has 2 aromatic rings. The van der Waals surface area contributed by atoms with Crippen molar-refractivity contribution in [2.75, 3.05) is 13.7 Å². The molecule has 126 valence electrons. The average Bonchev–Trinajstić information content (AvgIpc) is 3.18. The van der Waals surface area contributed by atoms with Gasteiger partial charge in [-0.2, -0.15) is 18.2 Å². The Bertz CT molecular complexity index is 628. The number of ether oxygens (including phenoxy) is 1. The van der Waals surface area contributed by atoms with Crippen LogP contribution < -0.4 is 0 Å². The molecule has 1 aliphatic heterocycles. The van der Waals surface area contributed by atoms with E-state index in [0.717, 1.165) is 12.2 Å². The molecule has 2 aromatic heterocycles. The van der Waals surface area contributed by atoms with Gasteiger partial charge in [0.05, 0.1) is 18.7 Å². The van der Waals surface area contributed by atoms with Gasteiger partial charge < -0.3 is 14.2 Å². The minimum atomic E-state index is -4.35. The number of hydrogen-bond donors (Lipinski definition) is 1. The van der Waals surface area contributed by atoms with Crippen molar-refractivity contribution in [1.29, 1.82) is 0 Å². The second-order valence-corrected chi connectivity index (χ2v) is 5.41. The summed E-state index contributed by atoms with van der Waals surface area (Å²) in [6.07, 6.45) is -1.43. The minimum Gasteiger partial charge on any atom is -0.380 e. The smallest absolute Gasteiger partial charge is 0.380 e. The number of rotatable bonds is 5. The van der Waals surface area contributed by atoms with Crippen LogP contribution in [0.4, 0.5) is 13.2 Å². The maximum Gasteiger partial charge on any atom is 0.396 e. The van der Waals surface area contributed by atoms with Crippen molar-refractivity contribution < 1.29 is 22.4 Å². The van der Waals surface area contributed by atoms with Gasteiger partial charge >= 0.3 is 6.18 Å². The second-order valence-electron chi connectivity index (χ2n) is 5.41. The van der Waals surface area contributed by atoms with Crippen molar-refractivity contribution in [2.45, 2.75) is 37.7 Å². The fraction of sp³-hybridized carbons (Fsp3) is 0.615. The van der Waals surface area contributed by atoms with Crippen LogP contribution in [0.2, 0.25) is 0 Å². The summed E-state index contributed by atoms with van der Waals surface area (Å²) in [5, 5.41) is 3.38. The van der Waals surface area contributed by atoms with Gasteiger partial charge in [0.1, 0.15) is 12.2 Å². The molecule has 0 saturated carbocycles. The van der Waals surface area contributed by atoms with E-state index in [2.05, 4.69) is 20.1 Å². The van der Waals surface area contributed by atoms with Crippen LogP contribution in [0.1, 0.15) is 30.0 Å². The van der Waals surface area contributed by atoms with Gasteiger partial charge in [-0.3, -0.25) is 4.90 Å². The highest BCUT2D eigenvalue weighted by Gasteiger charge is 2.36. The zero-order chi connectivity index (χ0) is 16.4. The van der Waals surface area contributed by atoms with E-state index in [9.17, 15) is 13.2 Å². The maximum atomic E-state index is 12.3. The molecule has 1 fully saturated rings.